The fourth-order valence-corrected chi connectivity index (χ4v) is 1.29. The standard InChI is InChI=1S/C13H13N3/c1-2-7-16-13-6-4-3-5-12(13)8-11(9-14)10-15/h3-6,8,16H,2,7H2,1H3. The highest BCUT2D eigenvalue weighted by molar-refractivity contribution is 5.71. The third-order valence-electron chi connectivity index (χ3n) is 2.07. The quantitative estimate of drug-likeness (QED) is 0.779. The van der Waals surface area contributed by atoms with E-state index in [4.69, 9.17) is 10.5 Å². The van der Waals surface area contributed by atoms with Gasteiger partial charge in [-0.2, -0.15) is 10.5 Å². The zero-order valence-corrected chi connectivity index (χ0v) is 9.20. The molecule has 0 bridgehead atoms. The van der Waals surface area contributed by atoms with E-state index < -0.39 is 0 Å². The topological polar surface area (TPSA) is 59.6 Å². The predicted octanol–water partition coefficient (Wildman–Crippen LogP) is 2.94. The molecule has 0 spiro atoms. The minimum atomic E-state index is 0.116. The molecule has 0 amide bonds. The van der Waals surface area contributed by atoms with E-state index >= 15 is 0 Å². The molecule has 1 aromatic carbocycles. The summed E-state index contributed by atoms with van der Waals surface area (Å²) >= 11 is 0. The van der Waals surface area contributed by atoms with E-state index in [0.29, 0.717) is 0 Å². The minimum Gasteiger partial charge on any atom is -0.385 e. The highest BCUT2D eigenvalue weighted by Gasteiger charge is 1.99. The highest BCUT2D eigenvalue weighted by Crippen LogP contribution is 2.18. The zero-order valence-electron chi connectivity index (χ0n) is 9.20. The van der Waals surface area contributed by atoms with E-state index in [1.165, 1.54) is 0 Å². The van der Waals surface area contributed by atoms with Gasteiger partial charge in [-0.25, -0.2) is 0 Å². The lowest BCUT2D eigenvalue weighted by Crippen LogP contribution is -2.01. The van der Waals surface area contributed by atoms with Crippen LogP contribution in [0.5, 0.6) is 0 Å². The van der Waals surface area contributed by atoms with Gasteiger partial charge < -0.3 is 5.32 Å². The van der Waals surface area contributed by atoms with Crippen molar-refractivity contribution in [2.45, 2.75) is 13.3 Å². The maximum atomic E-state index is 8.69. The van der Waals surface area contributed by atoms with Crippen molar-refractivity contribution in [3.05, 3.63) is 35.4 Å². The molecule has 0 fully saturated rings. The summed E-state index contributed by atoms with van der Waals surface area (Å²) in [6.07, 6.45) is 2.62. The van der Waals surface area contributed by atoms with Crippen molar-refractivity contribution in [3.8, 4) is 12.1 Å². The lowest BCUT2D eigenvalue weighted by Gasteiger charge is -2.07. The Morgan fingerprint density at radius 3 is 2.62 bits per heavy atom. The number of benzene rings is 1. The van der Waals surface area contributed by atoms with E-state index in [2.05, 4.69) is 12.2 Å². The molecule has 0 heterocycles. The Bertz CT molecular complexity index is 445. The number of nitrogens with zero attached hydrogens (tertiary/aromatic N) is 2. The fraction of sp³-hybridized carbons (Fsp3) is 0.231. The van der Waals surface area contributed by atoms with Crippen LogP contribution < -0.4 is 5.32 Å². The Morgan fingerprint density at radius 2 is 2.00 bits per heavy atom. The molecule has 3 nitrogen and oxygen atoms in total. The second kappa shape index (κ2) is 6.27. The van der Waals surface area contributed by atoms with Gasteiger partial charge in [0.1, 0.15) is 17.7 Å². The Labute approximate surface area is 95.6 Å². The summed E-state index contributed by atoms with van der Waals surface area (Å²) in [5.41, 5.74) is 1.94. The van der Waals surface area contributed by atoms with E-state index in [-0.39, 0.29) is 5.57 Å². The molecule has 0 saturated carbocycles. The second-order valence-corrected chi connectivity index (χ2v) is 3.30. The highest BCUT2D eigenvalue weighted by atomic mass is 14.9. The number of hydrogen-bond acceptors (Lipinski definition) is 3. The predicted molar refractivity (Wildman–Crippen MR) is 64.4 cm³/mol. The molecule has 0 saturated heterocycles. The average molecular weight is 211 g/mol. The van der Waals surface area contributed by atoms with Gasteiger partial charge in [-0.1, -0.05) is 25.1 Å². The fourth-order valence-electron chi connectivity index (χ4n) is 1.29. The summed E-state index contributed by atoms with van der Waals surface area (Å²) in [5.74, 6) is 0. The van der Waals surface area contributed by atoms with Gasteiger partial charge in [0.25, 0.3) is 0 Å². The van der Waals surface area contributed by atoms with Crippen molar-refractivity contribution < 1.29 is 0 Å². The molecule has 0 atom stereocenters. The van der Waals surface area contributed by atoms with Crippen molar-refractivity contribution in [1.29, 1.82) is 10.5 Å². The van der Waals surface area contributed by atoms with Gasteiger partial charge in [0, 0.05) is 12.2 Å². The van der Waals surface area contributed by atoms with Crippen molar-refractivity contribution in [2.75, 3.05) is 11.9 Å². The van der Waals surface area contributed by atoms with Crippen molar-refractivity contribution in [1.82, 2.24) is 0 Å². The van der Waals surface area contributed by atoms with E-state index in [0.717, 1.165) is 24.2 Å². The zero-order chi connectivity index (χ0) is 11.8. The summed E-state index contributed by atoms with van der Waals surface area (Å²) in [4.78, 5) is 0. The van der Waals surface area contributed by atoms with Gasteiger partial charge in [0.15, 0.2) is 0 Å². The SMILES string of the molecule is CCCNc1ccccc1C=C(C#N)C#N. The maximum absolute atomic E-state index is 8.69. The number of nitrogens with one attached hydrogen (secondary N) is 1. The summed E-state index contributed by atoms with van der Waals surface area (Å²) < 4.78 is 0. The third kappa shape index (κ3) is 3.15. The molecule has 1 rings (SSSR count). The number of hydrogen-bond donors (Lipinski definition) is 1. The molecule has 0 unspecified atom stereocenters. The number of anilines is 1. The summed E-state index contributed by atoms with van der Waals surface area (Å²) in [7, 11) is 0. The van der Waals surface area contributed by atoms with Crippen molar-refractivity contribution in [3.63, 3.8) is 0 Å². The Hall–Kier alpha value is -2.26. The van der Waals surface area contributed by atoms with E-state index in [1.54, 1.807) is 6.08 Å². The Balaban J connectivity index is 3.01. The molecule has 3 heteroatoms. The monoisotopic (exact) mass is 211 g/mol. The van der Waals surface area contributed by atoms with Crippen LogP contribution in [-0.2, 0) is 0 Å². The number of nitriles is 2. The van der Waals surface area contributed by atoms with Crippen LogP contribution in [-0.4, -0.2) is 6.54 Å². The van der Waals surface area contributed by atoms with Crippen LogP contribution in [0.25, 0.3) is 6.08 Å². The number of rotatable bonds is 4. The molecule has 1 N–H and O–H groups in total. The van der Waals surface area contributed by atoms with Crippen LogP contribution in [0.15, 0.2) is 29.8 Å². The largest absolute Gasteiger partial charge is 0.385 e. The number of para-hydroxylation sites is 1. The summed E-state index contributed by atoms with van der Waals surface area (Å²) in [6, 6.07) is 11.3. The van der Waals surface area contributed by atoms with Crippen LogP contribution in [0.2, 0.25) is 0 Å². The first-order chi connectivity index (χ1) is 7.81. The lowest BCUT2D eigenvalue weighted by molar-refractivity contribution is 0.979. The molecular formula is C13H13N3. The summed E-state index contributed by atoms with van der Waals surface area (Å²) in [6.45, 7) is 2.96. The van der Waals surface area contributed by atoms with Crippen LogP contribution in [0.3, 0.4) is 0 Å². The van der Waals surface area contributed by atoms with Gasteiger partial charge in [0.2, 0.25) is 0 Å². The van der Waals surface area contributed by atoms with Gasteiger partial charge in [-0.05, 0) is 24.1 Å². The molecule has 0 aliphatic carbocycles. The van der Waals surface area contributed by atoms with Crippen molar-refractivity contribution >= 4 is 11.8 Å². The second-order valence-electron chi connectivity index (χ2n) is 3.30. The van der Waals surface area contributed by atoms with Crippen LogP contribution in [0.1, 0.15) is 18.9 Å². The lowest BCUT2D eigenvalue weighted by atomic mass is 10.1. The van der Waals surface area contributed by atoms with Crippen molar-refractivity contribution in [2.24, 2.45) is 0 Å². The van der Waals surface area contributed by atoms with Gasteiger partial charge in [0.05, 0.1) is 0 Å². The normalized spacial score (nSPS) is 8.69. The molecule has 80 valence electrons. The van der Waals surface area contributed by atoms with Gasteiger partial charge in [-0.15, -0.1) is 0 Å². The first kappa shape index (κ1) is 11.8. The van der Waals surface area contributed by atoms with Gasteiger partial charge in [-0.3, -0.25) is 0 Å². The number of allylic oxidation sites excluding steroid dienone is 1. The Kier molecular flexibility index (Phi) is 4.63. The first-order valence-electron chi connectivity index (χ1n) is 5.16. The average Bonchev–Trinajstić information content (AvgIpc) is 2.34. The van der Waals surface area contributed by atoms with Crippen LogP contribution in [0.4, 0.5) is 5.69 Å². The van der Waals surface area contributed by atoms with E-state index in [1.807, 2.05) is 36.4 Å². The smallest absolute Gasteiger partial charge is 0.130 e. The molecule has 16 heavy (non-hydrogen) atoms. The molecule has 0 aliphatic rings. The van der Waals surface area contributed by atoms with Crippen LogP contribution >= 0.6 is 0 Å². The molecular weight excluding hydrogens is 198 g/mol. The van der Waals surface area contributed by atoms with E-state index in [9.17, 15) is 0 Å². The third-order valence-corrected chi connectivity index (χ3v) is 2.07. The van der Waals surface area contributed by atoms with Crippen LogP contribution in [0, 0.1) is 22.7 Å². The van der Waals surface area contributed by atoms with Gasteiger partial charge >= 0.3 is 0 Å². The molecule has 1 aromatic rings. The molecule has 0 aromatic heterocycles. The molecule has 0 aliphatic heterocycles. The first-order valence-corrected chi connectivity index (χ1v) is 5.16. The minimum absolute atomic E-state index is 0.116. The maximum Gasteiger partial charge on any atom is 0.130 e. The molecule has 0 radical (unpaired) electrons. The Morgan fingerprint density at radius 1 is 1.31 bits per heavy atom. The summed E-state index contributed by atoms with van der Waals surface area (Å²) in [5, 5.41) is 20.6.